The number of hydrogen-bond donors (Lipinski definition) is 1. The average molecular weight is 758 g/mol. The van der Waals surface area contributed by atoms with Gasteiger partial charge in [-0.25, -0.2) is 0 Å². The number of aryl methyl sites for hydroxylation is 3. The van der Waals surface area contributed by atoms with Crippen LogP contribution in [0.4, 0.5) is 19.0 Å². The fraction of sp³-hybridized carbons (Fsp3) is 0.344. The third-order valence-corrected chi connectivity index (χ3v) is 13.0. The van der Waals surface area contributed by atoms with E-state index in [-0.39, 0.29) is 31.5 Å². The molecule has 0 bridgehead atoms. The van der Waals surface area contributed by atoms with Gasteiger partial charge in [0, 0.05) is 6.07 Å². The van der Waals surface area contributed by atoms with Gasteiger partial charge in [0.15, 0.2) is 5.65 Å². The molecular weight excluding hydrogens is 728 g/mol. The molecule has 2 aliphatic rings. The molecule has 11 nitrogen and oxygen atoms in total. The van der Waals surface area contributed by atoms with Crippen LogP contribution < -0.4 is 26.5 Å². The molecule has 0 radical (unpaired) electrons. The van der Waals surface area contributed by atoms with Gasteiger partial charge in [-0.1, -0.05) is 0 Å². The van der Waals surface area contributed by atoms with E-state index in [1.807, 2.05) is 26.1 Å². The molecule has 7 heterocycles. The van der Waals surface area contributed by atoms with Crippen molar-refractivity contribution < 1.29 is 48.8 Å². The van der Waals surface area contributed by atoms with Gasteiger partial charge in [-0.2, -0.15) is 5.10 Å². The van der Waals surface area contributed by atoms with Crippen molar-refractivity contribution in [3.63, 3.8) is 0 Å². The van der Waals surface area contributed by atoms with Gasteiger partial charge in [-0.15, -0.1) is 0 Å². The Kier molecular flexibility index (Phi) is 7.18. The Labute approximate surface area is 276 Å². The third-order valence-electron chi connectivity index (χ3n) is 8.64. The van der Waals surface area contributed by atoms with Crippen LogP contribution in [0.5, 0.6) is 0 Å². The molecule has 47 heavy (non-hydrogen) atoms. The second-order valence-electron chi connectivity index (χ2n) is 12.2. The summed E-state index contributed by atoms with van der Waals surface area (Å²) >= 11 is -0.394. The number of hydrogen-bond acceptors (Lipinski definition) is 7. The number of aromatic nitrogens is 6. The van der Waals surface area contributed by atoms with E-state index in [9.17, 15) is 27.6 Å². The summed E-state index contributed by atoms with van der Waals surface area (Å²) in [5, 5.41) is 7.62. The molecule has 2 amide bonds. The topological polar surface area (TPSA) is 127 Å². The number of nitrogens with one attached hydrogen (secondary N) is 1. The average Bonchev–Trinajstić information content (AvgIpc) is 3.26. The SMILES string of the molecule is CC(=O)c1cn(CC(=O)N2[C@H](C(=O)Nc3nc(C(F)(F)F)ccc3C)C[C@@]3(C)[I-][C@@H]23)c2c(C)nc(-c3cnc4cc(C)nn4c3)cc12. The maximum atomic E-state index is 14.0. The van der Waals surface area contributed by atoms with E-state index < -0.39 is 45.0 Å². The summed E-state index contributed by atoms with van der Waals surface area (Å²) in [4.78, 5) is 54.9. The van der Waals surface area contributed by atoms with Crippen LogP contribution in [-0.2, 0) is 22.3 Å². The molecule has 5 aromatic rings. The molecule has 0 saturated carbocycles. The van der Waals surface area contributed by atoms with Crippen LogP contribution in [0.1, 0.15) is 53.3 Å². The monoisotopic (exact) mass is 757 g/mol. The van der Waals surface area contributed by atoms with Crippen LogP contribution in [0.15, 0.2) is 42.9 Å². The normalized spacial score (nSPS) is 20.7. The number of halogens is 4. The number of anilines is 1. The van der Waals surface area contributed by atoms with Crippen molar-refractivity contribution in [2.75, 3.05) is 5.32 Å². The molecule has 15 heteroatoms. The van der Waals surface area contributed by atoms with Crippen molar-refractivity contribution >= 4 is 40.0 Å². The summed E-state index contributed by atoms with van der Waals surface area (Å²) in [6, 6.07) is 4.92. The summed E-state index contributed by atoms with van der Waals surface area (Å²) < 4.78 is 43.1. The van der Waals surface area contributed by atoms with E-state index in [0.717, 1.165) is 11.8 Å². The first kappa shape index (κ1) is 31.2. The number of carbonyl (C=O) groups excluding carboxylic acids is 3. The number of amides is 2. The third kappa shape index (κ3) is 5.43. The van der Waals surface area contributed by atoms with E-state index >= 15 is 0 Å². The summed E-state index contributed by atoms with van der Waals surface area (Å²) in [5.74, 6) is -1.26. The van der Waals surface area contributed by atoms with Crippen molar-refractivity contribution in [2.24, 2.45) is 0 Å². The summed E-state index contributed by atoms with van der Waals surface area (Å²) in [5.41, 5.74) is 3.72. The molecule has 0 spiro atoms. The van der Waals surface area contributed by atoms with Gasteiger partial charge in [0.25, 0.3) is 0 Å². The number of alkyl halides is 5. The van der Waals surface area contributed by atoms with E-state index in [1.54, 1.807) is 46.3 Å². The molecule has 1 N–H and O–H groups in total. The minimum atomic E-state index is -4.67. The van der Waals surface area contributed by atoms with Crippen LogP contribution in [0.2, 0.25) is 0 Å². The second-order valence-corrected chi connectivity index (χ2v) is 16.5. The molecule has 2 aliphatic heterocycles. The molecule has 2 saturated heterocycles. The number of fused-ring (bicyclic) bond motifs is 3. The summed E-state index contributed by atoms with van der Waals surface area (Å²) in [7, 11) is 0. The first-order valence-corrected chi connectivity index (χ1v) is 17.1. The van der Waals surface area contributed by atoms with Gasteiger partial charge < -0.3 is 0 Å². The van der Waals surface area contributed by atoms with Crippen LogP contribution in [0.3, 0.4) is 0 Å². The quantitative estimate of drug-likeness (QED) is 0.121. The van der Waals surface area contributed by atoms with Crippen molar-refractivity contribution in [2.45, 2.75) is 67.3 Å². The molecule has 2 fully saturated rings. The van der Waals surface area contributed by atoms with Crippen molar-refractivity contribution in [3.05, 3.63) is 71.1 Å². The Morgan fingerprint density at radius 3 is 2.60 bits per heavy atom. The van der Waals surface area contributed by atoms with Gasteiger partial charge >= 0.3 is 248 Å². The zero-order chi connectivity index (χ0) is 33.6. The number of carbonyl (C=O) groups is 3. The molecule has 0 aromatic carbocycles. The minimum absolute atomic E-state index is 0.0756. The fourth-order valence-electron chi connectivity index (χ4n) is 6.29. The number of ketones is 1. The molecular formula is C32H29F3IN8O3-. The Morgan fingerprint density at radius 2 is 1.87 bits per heavy atom. The standard InChI is InChI=1S/C32H29F3IN8O3/c1-15-6-7-24(32(33,34)35)39-28(15)40-29(47)23-10-31(5)30(36-31)44(23)26(46)14-42-13-21(18(4)45)20-9-22(38-17(3)27(20)42)19-11-37-25-8-16(2)41-43(25)12-19/h6-9,11-13,23,30H,10,14H2,1-5H3,(H,39,40,47)/q-1/t23-,30-,31+/m0/s1. The molecule has 0 unspecified atom stereocenters. The number of rotatable bonds is 6. The zero-order valence-corrected chi connectivity index (χ0v) is 28.1. The summed E-state index contributed by atoms with van der Waals surface area (Å²) in [6.07, 6.45) is 0.912. The van der Waals surface area contributed by atoms with E-state index in [1.165, 1.54) is 13.0 Å². The van der Waals surface area contributed by atoms with Gasteiger partial charge in [0.05, 0.1) is 5.69 Å². The van der Waals surface area contributed by atoms with Crippen LogP contribution in [0.25, 0.3) is 27.8 Å². The number of likely N-dealkylation sites (tertiary alicyclic amines) is 1. The molecule has 0 aliphatic carbocycles. The van der Waals surface area contributed by atoms with E-state index in [0.29, 0.717) is 51.0 Å². The first-order valence-electron chi connectivity index (χ1n) is 14.8. The predicted octanol–water partition coefficient (Wildman–Crippen LogP) is 1.71. The van der Waals surface area contributed by atoms with Crippen molar-refractivity contribution in [1.82, 2.24) is 34.0 Å². The van der Waals surface area contributed by atoms with Crippen LogP contribution >= 0.6 is 0 Å². The fourth-order valence-corrected chi connectivity index (χ4v) is 9.68. The Bertz CT molecular complexity index is 2160. The number of nitrogens with zero attached hydrogens (tertiary/aromatic N) is 7. The van der Waals surface area contributed by atoms with Crippen LogP contribution in [0, 0.1) is 20.8 Å². The second kappa shape index (κ2) is 10.8. The van der Waals surface area contributed by atoms with Gasteiger partial charge in [-0.05, 0) is 6.92 Å². The zero-order valence-electron chi connectivity index (χ0n) is 26.0. The van der Waals surface area contributed by atoms with Crippen molar-refractivity contribution in [1.29, 1.82) is 0 Å². The van der Waals surface area contributed by atoms with Gasteiger partial charge in [0.2, 0.25) is 0 Å². The molecule has 3 atom stereocenters. The maximum absolute atomic E-state index is 14.0. The van der Waals surface area contributed by atoms with Gasteiger partial charge in [0.1, 0.15) is 0 Å². The Balaban J connectivity index is 1.19. The predicted molar refractivity (Wildman–Crippen MR) is 161 cm³/mol. The molecule has 5 aromatic heterocycles. The first-order chi connectivity index (χ1) is 22.1. The molecule has 7 rings (SSSR count). The van der Waals surface area contributed by atoms with Crippen LogP contribution in [-0.4, -0.2) is 65.1 Å². The number of Topliss-reactive ketones (excluding diaryl/α,β-unsaturated/α-hetero) is 1. The summed E-state index contributed by atoms with van der Waals surface area (Å²) in [6.45, 7) is 8.60. The number of pyridine rings is 2. The molecule has 244 valence electrons. The Morgan fingerprint density at radius 1 is 1.11 bits per heavy atom. The Hall–Kier alpha value is -4.41. The van der Waals surface area contributed by atoms with Gasteiger partial charge in [-0.3, -0.25) is 0 Å². The van der Waals surface area contributed by atoms with E-state index in [2.05, 4.69) is 20.4 Å². The van der Waals surface area contributed by atoms with E-state index in [4.69, 9.17) is 4.98 Å². The van der Waals surface area contributed by atoms with Crippen molar-refractivity contribution in [3.8, 4) is 11.3 Å².